The van der Waals surface area contributed by atoms with E-state index in [0.717, 1.165) is 0 Å². The van der Waals surface area contributed by atoms with Crippen molar-refractivity contribution in [2.45, 2.75) is 25.5 Å². The van der Waals surface area contributed by atoms with Crippen LogP contribution < -0.4 is 11.5 Å². The third kappa shape index (κ3) is 2.43. The third-order valence-electron chi connectivity index (χ3n) is 1.07. The van der Waals surface area contributed by atoms with Gasteiger partial charge in [-0.2, -0.15) is 0 Å². The van der Waals surface area contributed by atoms with Crippen molar-refractivity contribution in [3.63, 3.8) is 0 Å². The fraction of sp³-hybridized carbons (Fsp3) is 0.800. The molecule has 1 unspecified atom stereocenters. The molecule has 0 bridgehead atoms. The number of amides is 1. The van der Waals surface area contributed by atoms with Crippen LogP contribution in [-0.4, -0.2) is 22.7 Å². The molecule has 0 saturated heterocycles. The van der Waals surface area contributed by atoms with E-state index in [1.165, 1.54) is 13.8 Å². The van der Waals surface area contributed by atoms with Gasteiger partial charge in [0.25, 0.3) is 0 Å². The second-order valence-corrected chi connectivity index (χ2v) is 2.53. The van der Waals surface area contributed by atoms with Gasteiger partial charge in [-0.3, -0.25) is 4.79 Å². The Bertz CT molecular complexity index is 117. The lowest BCUT2D eigenvalue weighted by molar-refractivity contribution is -0.123. The zero-order chi connectivity index (χ0) is 7.65. The smallest absolute Gasteiger partial charge is 0.237 e. The van der Waals surface area contributed by atoms with Crippen LogP contribution in [0, 0.1) is 0 Å². The molecule has 0 aliphatic rings. The molecular weight excluding hydrogens is 120 g/mol. The molecule has 0 spiro atoms. The molecule has 0 aromatic rings. The van der Waals surface area contributed by atoms with Gasteiger partial charge in [0.1, 0.15) is 6.04 Å². The Morgan fingerprint density at radius 2 is 2.00 bits per heavy atom. The lowest BCUT2D eigenvalue weighted by Crippen LogP contribution is -2.51. The summed E-state index contributed by atoms with van der Waals surface area (Å²) in [6.45, 7) is 2.87. The van der Waals surface area contributed by atoms with Gasteiger partial charge in [0.2, 0.25) is 5.91 Å². The molecule has 1 amide bonds. The normalized spacial score (nSPS) is 15.1. The molecule has 0 rings (SSSR count). The van der Waals surface area contributed by atoms with Crippen molar-refractivity contribution in [3.8, 4) is 0 Å². The van der Waals surface area contributed by atoms with Crippen molar-refractivity contribution < 1.29 is 9.90 Å². The van der Waals surface area contributed by atoms with E-state index in [1.807, 2.05) is 0 Å². The maximum atomic E-state index is 10.3. The SMILES string of the molecule is CC(C)(O)C(N)C(N)=O. The first-order chi connectivity index (χ1) is 3.85. The Balaban J connectivity index is 4.04. The summed E-state index contributed by atoms with van der Waals surface area (Å²) in [6.07, 6.45) is 0. The second kappa shape index (κ2) is 2.33. The highest BCUT2D eigenvalue weighted by molar-refractivity contribution is 5.80. The number of carbonyl (C=O) groups excluding carboxylic acids is 1. The minimum absolute atomic E-state index is 0.692. The molecule has 54 valence electrons. The maximum absolute atomic E-state index is 10.3. The second-order valence-electron chi connectivity index (χ2n) is 2.53. The molecule has 5 N–H and O–H groups in total. The maximum Gasteiger partial charge on any atom is 0.237 e. The van der Waals surface area contributed by atoms with Crippen LogP contribution in [0.2, 0.25) is 0 Å². The lowest BCUT2D eigenvalue weighted by Gasteiger charge is -2.21. The summed E-state index contributed by atoms with van der Waals surface area (Å²) in [4.78, 5) is 10.3. The molecule has 0 aliphatic carbocycles. The molecule has 0 aromatic heterocycles. The van der Waals surface area contributed by atoms with Crippen molar-refractivity contribution >= 4 is 5.91 Å². The van der Waals surface area contributed by atoms with Gasteiger partial charge in [0, 0.05) is 0 Å². The summed E-state index contributed by atoms with van der Waals surface area (Å²) >= 11 is 0. The highest BCUT2D eigenvalue weighted by Crippen LogP contribution is 2.04. The minimum Gasteiger partial charge on any atom is -0.388 e. The minimum atomic E-state index is -1.22. The molecule has 0 fully saturated rings. The number of hydrogen-bond donors (Lipinski definition) is 3. The van der Waals surface area contributed by atoms with E-state index in [-0.39, 0.29) is 0 Å². The van der Waals surface area contributed by atoms with E-state index in [2.05, 4.69) is 0 Å². The van der Waals surface area contributed by atoms with Crippen molar-refractivity contribution in [1.82, 2.24) is 0 Å². The molecule has 0 radical (unpaired) electrons. The zero-order valence-corrected chi connectivity index (χ0v) is 5.59. The largest absolute Gasteiger partial charge is 0.388 e. The van der Waals surface area contributed by atoms with E-state index < -0.39 is 17.6 Å². The van der Waals surface area contributed by atoms with Gasteiger partial charge in [-0.15, -0.1) is 0 Å². The number of aliphatic hydroxyl groups is 1. The molecule has 1 atom stereocenters. The summed E-state index contributed by atoms with van der Waals surface area (Å²) < 4.78 is 0. The van der Waals surface area contributed by atoms with Crippen LogP contribution >= 0.6 is 0 Å². The van der Waals surface area contributed by atoms with Crippen molar-refractivity contribution in [1.29, 1.82) is 0 Å². The average molecular weight is 132 g/mol. The number of hydrogen-bond acceptors (Lipinski definition) is 3. The number of rotatable bonds is 2. The number of nitrogens with two attached hydrogens (primary N) is 2. The Hall–Kier alpha value is -0.610. The van der Waals surface area contributed by atoms with Gasteiger partial charge in [-0.05, 0) is 13.8 Å². The predicted molar refractivity (Wildman–Crippen MR) is 33.5 cm³/mol. The van der Waals surface area contributed by atoms with Crippen LogP contribution in [0.5, 0.6) is 0 Å². The topological polar surface area (TPSA) is 89.3 Å². The first kappa shape index (κ1) is 8.39. The molecule has 0 saturated carbocycles. The van der Waals surface area contributed by atoms with Gasteiger partial charge in [-0.1, -0.05) is 0 Å². The van der Waals surface area contributed by atoms with Crippen molar-refractivity contribution in [3.05, 3.63) is 0 Å². The molecule has 4 heteroatoms. The van der Waals surface area contributed by atoms with Gasteiger partial charge >= 0.3 is 0 Å². The molecule has 0 heterocycles. The lowest BCUT2D eigenvalue weighted by atomic mass is 10.00. The fourth-order valence-electron chi connectivity index (χ4n) is 0.348. The summed E-state index contributed by atoms with van der Waals surface area (Å²) in [5.41, 5.74) is 8.75. The summed E-state index contributed by atoms with van der Waals surface area (Å²) in [5.74, 6) is -0.692. The van der Waals surface area contributed by atoms with Gasteiger partial charge in [-0.25, -0.2) is 0 Å². The van der Waals surface area contributed by atoms with Crippen LogP contribution in [0.1, 0.15) is 13.8 Å². The van der Waals surface area contributed by atoms with E-state index in [0.29, 0.717) is 0 Å². The van der Waals surface area contributed by atoms with Crippen LogP contribution in [0.15, 0.2) is 0 Å². The van der Waals surface area contributed by atoms with Crippen molar-refractivity contribution in [2.75, 3.05) is 0 Å². The standard InChI is InChI=1S/C5H12N2O2/c1-5(2,9)3(6)4(7)8/h3,9H,6H2,1-2H3,(H2,7,8). The number of carbonyl (C=O) groups is 1. The quantitative estimate of drug-likeness (QED) is 0.430. The molecule has 0 aromatic carbocycles. The van der Waals surface area contributed by atoms with E-state index in [4.69, 9.17) is 16.6 Å². The Morgan fingerprint density at radius 3 is 2.00 bits per heavy atom. The van der Waals surface area contributed by atoms with Crippen molar-refractivity contribution in [2.24, 2.45) is 11.5 Å². The van der Waals surface area contributed by atoms with Crippen LogP contribution in [0.4, 0.5) is 0 Å². The van der Waals surface area contributed by atoms with E-state index in [9.17, 15) is 4.79 Å². The Morgan fingerprint density at radius 1 is 1.67 bits per heavy atom. The van der Waals surface area contributed by atoms with Gasteiger partial charge < -0.3 is 16.6 Å². The predicted octanol–water partition coefficient (Wildman–Crippen LogP) is -1.43. The van der Waals surface area contributed by atoms with Crippen LogP contribution in [0.25, 0.3) is 0 Å². The molecule has 4 nitrogen and oxygen atoms in total. The van der Waals surface area contributed by atoms with E-state index >= 15 is 0 Å². The van der Waals surface area contributed by atoms with Gasteiger partial charge in [0.15, 0.2) is 0 Å². The summed E-state index contributed by atoms with van der Waals surface area (Å²) in [6, 6.07) is -0.988. The summed E-state index contributed by atoms with van der Waals surface area (Å²) in [7, 11) is 0. The van der Waals surface area contributed by atoms with E-state index in [1.54, 1.807) is 0 Å². The van der Waals surface area contributed by atoms with Gasteiger partial charge in [0.05, 0.1) is 5.60 Å². The third-order valence-corrected chi connectivity index (χ3v) is 1.07. The molecular formula is C5H12N2O2. The monoisotopic (exact) mass is 132 g/mol. The highest BCUT2D eigenvalue weighted by Gasteiger charge is 2.27. The Kier molecular flexibility index (Phi) is 2.17. The van der Waals surface area contributed by atoms with Crippen LogP contribution in [-0.2, 0) is 4.79 Å². The Labute approximate surface area is 53.8 Å². The molecule has 9 heavy (non-hydrogen) atoms. The fourth-order valence-corrected chi connectivity index (χ4v) is 0.348. The molecule has 0 aliphatic heterocycles. The van der Waals surface area contributed by atoms with Crippen LogP contribution in [0.3, 0.4) is 0 Å². The average Bonchev–Trinajstić information content (AvgIpc) is 1.62. The zero-order valence-electron chi connectivity index (χ0n) is 5.59. The summed E-state index contributed by atoms with van der Waals surface area (Å²) in [5, 5.41) is 9.03. The highest BCUT2D eigenvalue weighted by atomic mass is 16.3. The number of primary amides is 1. The first-order valence-electron chi connectivity index (χ1n) is 2.63. The first-order valence-corrected chi connectivity index (χ1v) is 2.63.